The predicted molar refractivity (Wildman–Crippen MR) is 128 cm³/mol. The topological polar surface area (TPSA) is 89.2 Å². The minimum Gasteiger partial charge on any atom is -0.279 e. The lowest BCUT2D eigenvalue weighted by molar-refractivity contribution is -0.384. The normalized spacial score (nSPS) is 11.1. The van der Waals surface area contributed by atoms with Crippen molar-refractivity contribution >= 4 is 50.0 Å². The van der Waals surface area contributed by atoms with E-state index in [-0.39, 0.29) is 11.6 Å². The number of rotatable bonds is 7. The molecule has 9 heteroatoms. The Labute approximate surface area is 193 Å². The van der Waals surface area contributed by atoms with Gasteiger partial charge in [0.2, 0.25) is 0 Å². The van der Waals surface area contributed by atoms with Crippen LogP contribution in [0.4, 0.5) is 10.8 Å². The Bertz CT molecular complexity index is 1270. The van der Waals surface area contributed by atoms with Gasteiger partial charge in [0.1, 0.15) is 0 Å². The molecule has 0 atom stereocenters. The maximum absolute atomic E-state index is 13.6. The van der Waals surface area contributed by atoms with E-state index in [2.05, 4.69) is 23.8 Å². The number of hydrogen-bond acceptors (Lipinski definition) is 7. The van der Waals surface area contributed by atoms with E-state index in [0.29, 0.717) is 32.7 Å². The van der Waals surface area contributed by atoms with E-state index in [0.717, 1.165) is 10.5 Å². The number of non-ortho nitro benzene ring substituents is 1. The van der Waals surface area contributed by atoms with Gasteiger partial charge in [0.15, 0.2) is 5.13 Å². The van der Waals surface area contributed by atoms with Crippen LogP contribution in [0.3, 0.4) is 0 Å². The number of carbonyl (C=O) groups is 1. The van der Waals surface area contributed by atoms with Gasteiger partial charge < -0.3 is 0 Å². The third-order valence-electron chi connectivity index (χ3n) is 4.59. The van der Waals surface area contributed by atoms with Crippen molar-refractivity contribution in [2.45, 2.75) is 30.5 Å². The van der Waals surface area contributed by atoms with E-state index in [1.807, 2.05) is 30.3 Å². The van der Waals surface area contributed by atoms with E-state index in [1.165, 1.54) is 23.5 Å². The van der Waals surface area contributed by atoms with Crippen LogP contribution >= 0.6 is 23.1 Å². The number of fused-ring (bicyclic) bond motifs is 1. The highest BCUT2D eigenvalue weighted by Crippen LogP contribution is 2.33. The highest BCUT2D eigenvalue weighted by molar-refractivity contribution is 7.99. The van der Waals surface area contributed by atoms with Crippen molar-refractivity contribution < 1.29 is 9.72 Å². The van der Waals surface area contributed by atoms with Crippen molar-refractivity contribution in [2.75, 3.05) is 4.90 Å². The van der Waals surface area contributed by atoms with Crippen LogP contribution < -0.4 is 4.90 Å². The highest BCUT2D eigenvalue weighted by Gasteiger charge is 2.23. The molecular weight excluding hydrogens is 444 g/mol. The van der Waals surface area contributed by atoms with E-state index in [4.69, 9.17) is 0 Å². The van der Waals surface area contributed by atoms with Gasteiger partial charge in [0.05, 0.1) is 21.7 Å². The summed E-state index contributed by atoms with van der Waals surface area (Å²) in [5.41, 5.74) is 2.09. The summed E-state index contributed by atoms with van der Waals surface area (Å²) in [7, 11) is 0. The smallest absolute Gasteiger partial charge is 0.270 e. The summed E-state index contributed by atoms with van der Waals surface area (Å²) in [6.07, 6.45) is 3.36. The fraction of sp³-hybridized carbons (Fsp3) is 0.174. The average molecular weight is 465 g/mol. The summed E-state index contributed by atoms with van der Waals surface area (Å²) in [5.74, 6) is -0.179. The first-order valence-electron chi connectivity index (χ1n) is 9.93. The summed E-state index contributed by atoms with van der Waals surface area (Å²) >= 11 is 2.96. The number of nitrogens with zero attached hydrogens (tertiary/aromatic N) is 4. The zero-order chi connectivity index (χ0) is 22.7. The molecule has 1 amide bonds. The minimum atomic E-state index is -0.434. The SMILES string of the molecule is CC(C)Sc1cccc(C(=O)N(Cc2ccncc2)c2nc3ccc([N+](=O)[O-])cc3s2)c1. The van der Waals surface area contributed by atoms with Gasteiger partial charge in [-0.3, -0.25) is 24.8 Å². The van der Waals surface area contributed by atoms with Crippen molar-refractivity contribution in [3.05, 3.63) is 88.2 Å². The Morgan fingerprint density at radius 1 is 1.16 bits per heavy atom. The molecular formula is C23H20N4O3S2. The van der Waals surface area contributed by atoms with Crippen LogP contribution in [-0.4, -0.2) is 26.0 Å². The number of amides is 1. The molecule has 0 fully saturated rings. The Morgan fingerprint density at radius 3 is 2.66 bits per heavy atom. The van der Waals surface area contributed by atoms with Gasteiger partial charge >= 0.3 is 0 Å². The van der Waals surface area contributed by atoms with Crippen LogP contribution in [0.2, 0.25) is 0 Å². The lowest BCUT2D eigenvalue weighted by Gasteiger charge is -2.20. The Kier molecular flexibility index (Phi) is 6.48. The van der Waals surface area contributed by atoms with Gasteiger partial charge in [-0.1, -0.05) is 31.3 Å². The van der Waals surface area contributed by atoms with Crippen LogP contribution in [-0.2, 0) is 6.54 Å². The fourth-order valence-corrected chi connectivity index (χ4v) is 5.05. The maximum Gasteiger partial charge on any atom is 0.270 e. The molecule has 0 aliphatic carbocycles. The van der Waals surface area contributed by atoms with Gasteiger partial charge in [-0.25, -0.2) is 4.98 Å². The summed E-state index contributed by atoms with van der Waals surface area (Å²) in [6.45, 7) is 4.52. The number of thiazole rings is 1. The molecule has 0 aliphatic heterocycles. The zero-order valence-electron chi connectivity index (χ0n) is 17.5. The van der Waals surface area contributed by atoms with Crippen LogP contribution in [0.25, 0.3) is 10.2 Å². The monoisotopic (exact) mass is 464 g/mol. The largest absolute Gasteiger partial charge is 0.279 e. The Morgan fingerprint density at radius 2 is 1.94 bits per heavy atom. The molecule has 2 heterocycles. The van der Waals surface area contributed by atoms with Gasteiger partial charge in [-0.05, 0) is 42.0 Å². The van der Waals surface area contributed by atoms with E-state index in [9.17, 15) is 14.9 Å². The molecule has 0 N–H and O–H groups in total. The maximum atomic E-state index is 13.6. The first-order chi connectivity index (χ1) is 15.4. The number of pyridine rings is 1. The van der Waals surface area contributed by atoms with E-state index < -0.39 is 4.92 Å². The molecule has 0 bridgehead atoms. The average Bonchev–Trinajstić information content (AvgIpc) is 3.20. The third kappa shape index (κ3) is 4.95. The number of carbonyl (C=O) groups excluding carboxylic acids is 1. The van der Waals surface area contributed by atoms with Crippen LogP contribution in [0.15, 0.2) is 71.9 Å². The fourth-order valence-electron chi connectivity index (χ4n) is 3.16. The summed E-state index contributed by atoms with van der Waals surface area (Å²) in [6, 6.07) is 15.8. The number of hydrogen-bond donors (Lipinski definition) is 0. The van der Waals surface area contributed by atoms with Gasteiger partial charge in [0, 0.05) is 40.2 Å². The number of thioether (sulfide) groups is 1. The van der Waals surface area contributed by atoms with Crippen LogP contribution in [0.1, 0.15) is 29.8 Å². The number of benzene rings is 2. The first kappa shape index (κ1) is 21.9. The molecule has 0 saturated heterocycles. The quantitative estimate of drug-likeness (QED) is 0.191. The van der Waals surface area contributed by atoms with Crippen LogP contribution in [0.5, 0.6) is 0 Å². The van der Waals surface area contributed by atoms with Crippen molar-refractivity contribution in [1.29, 1.82) is 0 Å². The second kappa shape index (κ2) is 9.46. The molecule has 4 aromatic rings. The molecule has 0 saturated carbocycles. The molecule has 2 aromatic heterocycles. The lowest BCUT2D eigenvalue weighted by Crippen LogP contribution is -2.30. The molecule has 4 rings (SSSR count). The van der Waals surface area contributed by atoms with Crippen molar-refractivity contribution in [1.82, 2.24) is 9.97 Å². The second-order valence-electron chi connectivity index (χ2n) is 7.35. The summed E-state index contributed by atoms with van der Waals surface area (Å²) in [4.78, 5) is 35.6. The van der Waals surface area contributed by atoms with Gasteiger partial charge in [0.25, 0.3) is 11.6 Å². The van der Waals surface area contributed by atoms with Crippen molar-refractivity contribution in [2.24, 2.45) is 0 Å². The molecule has 0 aliphatic rings. The third-order valence-corrected chi connectivity index (χ3v) is 6.63. The highest BCUT2D eigenvalue weighted by atomic mass is 32.2. The lowest BCUT2D eigenvalue weighted by atomic mass is 10.2. The standard InChI is InChI=1S/C23H20N4O3S2/c1-15(2)31-19-5-3-4-17(12-19)22(28)26(14-16-8-10-24-11-9-16)23-25-20-7-6-18(27(29)30)13-21(20)32-23/h3-13,15H,14H2,1-2H3. The van der Waals surface area contributed by atoms with E-state index in [1.54, 1.807) is 41.2 Å². The molecule has 32 heavy (non-hydrogen) atoms. The molecule has 0 unspecified atom stereocenters. The van der Waals surface area contributed by atoms with Crippen molar-refractivity contribution in [3.63, 3.8) is 0 Å². The predicted octanol–water partition coefficient (Wildman–Crippen LogP) is 5.95. The molecule has 0 spiro atoms. The zero-order valence-corrected chi connectivity index (χ0v) is 19.1. The van der Waals surface area contributed by atoms with Gasteiger partial charge in [-0.15, -0.1) is 11.8 Å². The number of nitro benzene ring substituents is 1. The Balaban J connectivity index is 1.74. The summed E-state index contributed by atoms with van der Waals surface area (Å²) < 4.78 is 0.658. The van der Waals surface area contributed by atoms with Crippen LogP contribution in [0, 0.1) is 10.1 Å². The Hall–Kier alpha value is -3.30. The van der Waals surface area contributed by atoms with Gasteiger partial charge in [-0.2, -0.15) is 0 Å². The van der Waals surface area contributed by atoms with E-state index >= 15 is 0 Å². The first-order valence-corrected chi connectivity index (χ1v) is 11.6. The molecule has 7 nitrogen and oxygen atoms in total. The number of anilines is 1. The minimum absolute atomic E-state index is 0.00174. The van der Waals surface area contributed by atoms with Crippen molar-refractivity contribution in [3.8, 4) is 0 Å². The number of nitro groups is 1. The second-order valence-corrected chi connectivity index (χ2v) is 10.0. The molecule has 162 valence electrons. The summed E-state index contributed by atoms with van der Waals surface area (Å²) in [5, 5.41) is 12.0. The molecule has 2 aromatic carbocycles. The number of aromatic nitrogens is 2. The molecule has 0 radical (unpaired) electrons.